The van der Waals surface area contributed by atoms with Gasteiger partial charge in [0.2, 0.25) is 0 Å². The Bertz CT molecular complexity index is 505. The smallest absolute Gasteiger partial charge is 0.330 e. The van der Waals surface area contributed by atoms with Crippen LogP contribution in [0.3, 0.4) is 0 Å². The van der Waals surface area contributed by atoms with E-state index in [1.807, 2.05) is 0 Å². The topological polar surface area (TPSA) is 38.3 Å². The molecule has 1 N–H and O–H groups in total. The third-order valence-electron chi connectivity index (χ3n) is 3.62. The van der Waals surface area contributed by atoms with Crippen LogP contribution in [0.15, 0.2) is 22.7 Å². The lowest BCUT2D eigenvalue weighted by atomic mass is 9.91. The van der Waals surface area contributed by atoms with Crippen LogP contribution >= 0.6 is 15.9 Å². The Labute approximate surface area is 127 Å². The molecule has 1 aromatic rings. The van der Waals surface area contributed by atoms with Gasteiger partial charge in [0.1, 0.15) is 11.4 Å². The minimum absolute atomic E-state index is 0.321. The van der Waals surface area contributed by atoms with Gasteiger partial charge in [0.25, 0.3) is 0 Å². The molecule has 1 atom stereocenters. The molecule has 3 nitrogen and oxygen atoms in total. The molecular weight excluding hydrogens is 325 g/mol. The Hall–Kier alpha value is -0.940. The fourth-order valence-electron chi connectivity index (χ4n) is 2.05. The van der Waals surface area contributed by atoms with E-state index < -0.39 is 5.54 Å². The summed E-state index contributed by atoms with van der Waals surface area (Å²) in [4.78, 5) is 12.3. The zero-order valence-corrected chi connectivity index (χ0v) is 13.3. The molecule has 5 heteroatoms. The van der Waals surface area contributed by atoms with Crippen molar-refractivity contribution in [1.29, 1.82) is 0 Å². The van der Waals surface area contributed by atoms with Crippen molar-refractivity contribution in [3.05, 3.63) is 34.1 Å². The van der Waals surface area contributed by atoms with Crippen molar-refractivity contribution in [2.75, 3.05) is 13.2 Å². The van der Waals surface area contributed by atoms with Crippen LogP contribution in [0.1, 0.15) is 32.3 Å². The summed E-state index contributed by atoms with van der Waals surface area (Å²) in [5.74, 6) is -0.0473. The first-order valence-electron chi connectivity index (χ1n) is 6.85. The van der Waals surface area contributed by atoms with E-state index in [2.05, 4.69) is 21.2 Å². The van der Waals surface area contributed by atoms with Gasteiger partial charge in [0.15, 0.2) is 0 Å². The molecule has 0 heterocycles. The highest BCUT2D eigenvalue weighted by Gasteiger charge is 2.38. The first-order valence-corrected chi connectivity index (χ1v) is 7.64. The first-order chi connectivity index (χ1) is 9.47. The van der Waals surface area contributed by atoms with Crippen molar-refractivity contribution in [2.24, 2.45) is 5.92 Å². The van der Waals surface area contributed by atoms with Crippen LogP contribution in [0.25, 0.3) is 0 Å². The predicted octanol–water partition coefficient (Wildman–Crippen LogP) is 3.37. The maximum absolute atomic E-state index is 13.4. The summed E-state index contributed by atoms with van der Waals surface area (Å²) in [6, 6.07) is 4.61. The fraction of sp³-hybridized carbons (Fsp3) is 0.533. The van der Waals surface area contributed by atoms with E-state index in [-0.39, 0.29) is 11.8 Å². The van der Waals surface area contributed by atoms with Gasteiger partial charge in [-0.2, -0.15) is 0 Å². The van der Waals surface area contributed by atoms with Crippen LogP contribution in [0, 0.1) is 11.7 Å². The number of hydrogen-bond donors (Lipinski definition) is 1. The van der Waals surface area contributed by atoms with Crippen molar-refractivity contribution in [1.82, 2.24) is 5.32 Å². The molecule has 1 fully saturated rings. The van der Waals surface area contributed by atoms with Crippen molar-refractivity contribution >= 4 is 21.9 Å². The van der Waals surface area contributed by atoms with E-state index in [1.54, 1.807) is 26.0 Å². The van der Waals surface area contributed by atoms with Crippen molar-refractivity contribution in [2.45, 2.75) is 32.2 Å². The lowest BCUT2D eigenvalue weighted by Gasteiger charge is -2.29. The molecule has 0 amide bonds. The predicted molar refractivity (Wildman–Crippen MR) is 78.8 cm³/mol. The number of rotatable bonds is 6. The molecule has 0 spiro atoms. The quantitative estimate of drug-likeness (QED) is 0.805. The van der Waals surface area contributed by atoms with E-state index in [1.165, 1.54) is 18.9 Å². The van der Waals surface area contributed by atoms with Gasteiger partial charge in [-0.1, -0.05) is 6.07 Å². The summed E-state index contributed by atoms with van der Waals surface area (Å²) in [7, 11) is 0. The highest BCUT2D eigenvalue weighted by Crippen LogP contribution is 2.31. The van der Waals surface area contributed by atoms with Gasteiger partial charge >= 0.3 is 5.97 Å². The van der Waals surface area contributed by atoms with E-state index >= 15 is 0 Å². The number of carbonyl (C=O) groups is 1. The van der Waals surface area contributed by atoms with Gasteiger partial charge in [-0.25, -0.2) is 9.18 Å². The van der Waals surface area contributed by atoms with Crippen molar-refractivity contribution in [3.63, 3.8) is 0 Å². The largest absolute Gasteiger partial charge is 0.464 e. The number of hydrogen-bond acceptors (Lipinski definition) is 3. The first kappa shape index (κ1) is 15.4. The maximum Gasteiger partial charge on any atom is 0.330 e. The van der Waals surface area contributed by atoms with Crippen LogP contribution < -0.4 is 5.32 Å². The van der Waals surface area contributed by atoms with Crippen LogP contribution in [0.4, 0.5) is 4.39 Å². The highest BCUT2D eigenvalue weighted by molar-refractivity contribution is 9.10. The second kappa shape index (κ2) is 6.22. The zero-order chi connectivity index (χ0) is 14.8. The monoisotopic (exact) mass is 343 g/mol. The summed E-state index contributed by atoms with van der Waals surface area (Å²) >= 11 is 3.16. The third-order valence-corrected chi connectivity index (χ3v) is 4.23. The lowest BCUT2D eigenvalue weighted by Crippen LogP contribution is -2.48. The van der Waals surface area contributed by atoms with Gasteiger partial charge in [0.05, 0.1) is 11.1 Å². The molecule has 2 rings (SSSR count). The summed E-state index contributed by atoms with van der Waals surface area (Å²) in [5, 5.41) is 3.29. The van der Waals surface area contributed by atoms with Crippen molar-refractivity contribution in [3.8, 4) is 0 Å². The molecular formula is C15H19BrFNO2. The van der Waals surface area contributed by atoms with Gasteiger partial charge in [0, 0.05) is 0 Å². The van der Waals surface area contributed by atoms with Crippen LogP contribution in [-0.2, 0) is 15.1 Å². The molecule has 0 aliphatic heterocycles. The minimum Gasteiger partial charge on any atom is -0.464 e. The number of carbonyl (C=O) groups excluding carboxylic acids is 1. The normalized spacial score (nSPS) is 17.6. The summed E-state index contributed by atoms with van der Waals surface area (Å²) < 4.78 is 18.9. The molecule has 0 bridgehead atoms. The number of halogens is 2. The van der Waals surface area contributed by atoms with E-state index in [4.69, 9.17) is 4.74 Å². The minimum atomic E-state index is -0.950. The summed E-state index contributed by atoms with van der Waals surface area (Å²) in [6.45, 7) is 4.65. The molecule has 1 aromatic carbocycles. The number of benzene rings is 1. The Morgan fingerprint density at radius 3 is 2.80 bits per heavy atom. The number of ether oxygens (including phenoxy) is 1. The standard InChI is InChI=1S/C15H19BrFNO2/c1-3-20-14(19)15(2,18-9-10-4-5-10)11-6-7-13(17)12(16)8-11/h6-8,10,18H,3-5,9H2,1-2H3. The van der Waals surface area contributed by atoms with Crippen LogP contribution in [-0.4, -0.2) is 19.1 Å². The second-order valence-corrected chi connectivity index (χ2v) is 6.15. The molecule has 0 saturated heterocycles. The average molecular weight is 344 g/mol. The fourth-order valence-corrected chi connectivity index (χ4v) is 2.42. The molecule has 20 heavy (non-hydrogen) atoms. The van der Waals surface area contributed by atoms with E-state index in [0.717, 1.165) is 6.54 Å². The SMILES string of the molecule is CCOC(=O)C(C)(NCC1CC1)c1ccc(F)c(Br)c1. The van der Waals surface area contributed by atoms with Gasteiger partial charge < -0.3 is 4.74 Å². The van der Waals surface area contributed by atoms with Crippen LogP contribution in [0.5, 0.6) is 0 Å². The Kier molecular flexibility index (Phi) is 4.81. The summed E-state index contributed by atoms with van der Waals surface area (Å²) in [6.07, 6.45) is 2.39. The molecule has 0 radical (unpaired) electrons. The van der Waals surface area contributed by atoms with Crippen LogP contribution in [0.2, 0.25) is 0 Å². The number of esters is 1. The Morgan fingerprint density at radius 2 is 2.25 bits per heavy atom. The highest BCUT2D eigenvalue weighted by atomic mass is 79.9. The number of nitrogens with one attached hydrogen (secondary N) is 1. The average Bonchev–Trinajstić information content (AvgIpc) is 3.23. The molecule has 1 saturated carbocycles. The van der Waals surface area contributed by atoms with Crippen molar-refractivity contribution < 1.29 is 13.9 Å². The zero-order valence-electron chi connectivity index (χ0n) is 11.7. The lowest BCUT2D eigenvalue weighted by molar-refractivity contribution is -0.151. The van der Waals surface area contributed by atoms with Gasteiger partial charge in [-0.15, -0.1) is 0 Å². The van der Waals surface area contributed by atoms with E-state index in [0.29, 0.717) is 22.6 Å². The van der Waals surface area contributed by atoms with E-state index in [9.17, 15) is 9.18 Å². The second-order valence-electron chi connectivity index (χ2n) is 5.30. The Balaban J connectivity index is 2.27. The third kappa shape index (κ3) is 3.38. The molecule has 110 valence electrons. The van der Waals surface area contributed by atoms with Gasteiger partial charge in [-0.3, -0.25) is 5.32 Å². The molecule has 0 aromatic heterocycles. The molecule has 1 aliphatic rings. The molecule has 1 aliphatic carbocycles. The van der Waals surface area contributed by atoms with Gasteiger partial charge in [-0.05, 0) is 72.8 Å². The Morgan fingerprint density at radius 1 is 1.55 bits per heavy atom. The maximum atomic E-state index is 13.4. The summed E-state index contributed by atoms with van der Waals surface area (Å²) in [5.41, 5.74) is -0.251. The molecule has 1 unspecified atom stereocenters.